The van der Waals surface area contributed by atoms with Crippen LogP contribution in [-0.4, -0.2) is 24.5 Å². The van der Waals surface area contributed by atoms with Gasteiger partial charge in [-0.1, -0.05) is 97.7 Å². The first-order valence-corrected chi connectivity index (χ1v) is 13.7. The van der Waals surface area contributed by atoms with E-state index in [1.165, 1.54) is 47.8 Å². The van der Waals surface area contributed by atoms with E-state index >= 15 is 0 Å². The third-order valence-corrected chi connectivity index (χ3v) is 7.13. The summed E-state index contributed by atoms with van der Waals surface area (Å²) in [6.07, 6.45) is 4.53. The van der Waals surface area contributed by atoms with Crippen molar-refractivity contribution >= 4 is 17.6 Å². The minimum atomic E-state index is -0.313. The Hall–Kier alpha value is -3.40. The van der Waals surface area contributed by atoms with Crippen LogP contribution in [0, 0.1) is 0 Å². The van der Waals surface area contributed by atoms with E-state index < -0.39 is 0 Å². The van der Waals surface area contributed by atoms with Crippen LogP contribution < -0.4 is 0 Å². The van der Waals surface area contributed by atoms with Gasteiger partial charge in [-0.15, -0.1) is 0 Å². The largest absolute Gasteiger partial charge is 0.465 e. The lowest BCUT2D eigenvalue weighted by molar-refractivity contribution is 0.0600. The Morgan fingerprint density at radius 2 is 1.16 bits per heavy atom. The number of ether oxygens (including phenoxy) is 1. The van der Waals surface area contributed by atoms with Crippen molar-refractivity contribution in [2.24, 2.45) is 0 Å². The molecule has 0 spiro atoms. The van der Waals surface area contributed by atoms with Crippen LogP contribution in [0.25, 0.3) is 11.1 Å². The second-order valence-electron chi connectivity index (χ2n) is 9.77. The van der Waals surface area contributed by atoms with E-state index in [1.807, 2.05) is 36.4 Å². The lowest BCUT2D eigenvalue weighted by Crippen LogP contribution is -2.25. The minimum Gasteiger partial charge on any atom is -0.465 e. The molecular formula is C34H36ClNO2. The number of carbonyl (C=O) groups is 1. The van der Waals surface area contributed by atoms with Gasteiger partial charge in [-0.05, 0) is 76.9 Å². The highest BCUT2D eigenvalue weighted by Gasteiger charge is 2.11. The Bertz CT molecular complexity index is 1280. The summed E-state index contributed by atoms with van der Waals surface area (Å²) in [4.78, 5) is 14.3. The standard InChI is InChI=1S/C34H36ClNO2/c1-3-4-5-26-6-14-30(15-7-26)31-16-8-28(9-17-31)24-36(23-22-27-12-20-33(35)21-13-27)25-29-10-18-32(19-11-29)34(37)38-2/h6-21H,3-5,22-25H2,1-2H3. The van der Waals surface area contributed by atoms with Crippen molar-refractivity contribution in [3.05, 3.63) is 130 Å². The predicted octanol–water partition coefficient (Wildman–Crippen LogP) is 8.38. The summed E-state index contributed by atoms with van der Waals surface area (Å²) < 4.78 is 4.84. The fraction of sp³-hybridized carbons (Fsp3) is 0.265. The summed E-state index contributed by atoms with van der Waals surface area (Å²) in [7, 11) is 1.41. The van der Waals surface area contributed by atoms with E-state index in [1.54, 1.807) is 0 Å². The zero-order chi connectivity index (χ0) is 26.7. The zero-order valence-corrected chi connectivity index (χ0v) is 23.1. The molecular weight excluding hydrogens is 490 g/mol. The van der Waals surface area contributed by atoms with Crippen molar-refractivity contribution in [2.45, 2.75) is 45.7 Å². The highest BCUT2D eigenvalue weighted by Crippen LogP contribution is 2.22. The maximum absolute atomic E-state index is 11.8. The van der Waals surface area contributed by atoms with Gasteiger partial charge in [-0.25, -0.2) is 4.79 Å². The molecule has 0 fully saturated rings. The molecule has 0 saturated heterocycles. The molecule has 4 aromatic carbocycles. The number of nitrogens with zero attached hydrogens (tertiary/aromatic N) is 1. The van der Waals surface area contributed by atoms with Gasteiger partial charge >= 0.3 is 5.97 Å². The molecule has 0 amide bonds. The van der Waals surface area contributed by atoms with Gasteiger partial charge in [0.25, 0.3) is 0 Å². The van der Waals surface area contributed by atoms with Gasteiger partial charge in [0.15, 0.2) is 0 Å². The number of halogens is 1. The Kier molecular flexibility index (Phi) is 10.1. The molecule has 0 unspecified atom stereocenters. The first-order chi connectivity index (χ1) is 18.5. The normalized spacial score (nSPS) is 11.1. The van der Waals surface area contributed by atoms with E-state index in [2.05, 4.69) is 72.5 Å². The lowest BCUT2D eigenvalue weighted by atomic mass is 10.0. The second kappa shape index (κ2) is 13.9. The summed E-state index contributed by atoms with van der Waals surface area (Å²) in [5.74, 6) is -0.313. The smallest absolute Gasteiger partial charge is 0.337 e. The molecule has 38 heavy (non-hydrogen) atoms. The first kappa shape index (κ1) is 27.6. The summed E-state index contributed by atoms with van der Waals surface area (Å²) in [5.41, 5.74) is 8.16. The van der Waals surface area contributed by atoms with Crippen molar-refractivity contribution in [1.29, 1.82) is 0 Å². The summed E-state index contributed by atoms with van der Waals surface area (Å²) in [6.45, 7) is 4.76. The average Bonchev–Trinajstić information content (AvgIpc) is 2.96. The van der Waals surface area contributed by atoms with Gasteiger partial charge in [0.2, 0.25) is 0 Å². The molecule has 4 rings (SSSR count). The molecule has 0 aliphatic heterocycles. The number of methoxy groups -OCH3 is 1. The lowest BCUT2D eigenvalue weighted by Gasteiger charge is -2.23. The van der Waals surface area contributed by atoms with Gasteiger partial charge in [0.05, 0.1) is 12.7 Å². The van der Waals surface area contributed by atoms with E-state index in [0.29, 0.717) is 5.56 Å². The molecule has 196 valence electrons. The van der Waals surface area contributed by atoms with E-state index in [9.17, 15) is 4.79 Å². The molecule has 0 aliphatic carbocycles. The molecule has 4 aromatic rings. The molecule has 0 atom stereocenters. The van der Waals surface area contributed by atoms with Crippen LogP contribution in [0.4, 0.5) is 0 Å². The number of hydrogen-bond acceptors (Lipinski definition) is 3. The molecule has 0 aromatic heterocycles. The molecule has 4 heteroatoms. The summed E-state index contributed by atoms with van der Waals surface area (Å²) in [6, 6.07) is 33.6. The Balaban J connectivity index is 1.45. The maximum Gasteiger partial charge on any atom is 0.337 e. The first-order valence-electron chi connectivity index (χ1n) is 13.4. The van der Waals surface area contributed by atoms with Crippen LogP contribution in [0.1, 0.15) is 52.4 Å². The molecule has 0 radical (unpaired) electrons. The van der Waals surface area contributed by atoms with Crippen LogP contribution in [0.15, 0.2) is 97.1 Å². The molecule has 3 nitrogen and oxygen atoms in total. The predicted molar refractivity (Wildman–Crippen MR) is 158 cm³/mol. The van der Waals surface area contributed by atoms with Crippen molar-refractivity contribution in [1.82, 2.24) is 4.90 Å². The molecule has 0 aliphatic rings. The maximum atomic E-state index is 11.8. The fourth-order valence-electron chi connectivity index (χ4n) is 4.58. The number of benzene rings is 4. The summed E-state index contributed by atoms with van der Waals surface area (Å²) in [5, 5.41) is 0.756. The van der Waals surface area contributed by atoms with Gasteiger partial charge in [0, 0.05) is 24.7 Å². The number of esters is 1. The van der Waals surface area contributed by atoms with Gasteiger partial charge in [-0.3, -0.25) is 4.90 Å². The Morgan fingerprint density at radius 1 is 0.684 bits per heavy atom. The van der Waals surface area contributed by atoms with Crippen molar-refractivity contribution in [2.75, 3.05) is 13.7 Å². The van der Waals surface area contributed by atoms with Gasteiger partial charge < -0.3 is 4.74 Å². The number of unbranched alkanes of at least 4 members (excludes halogenated alkanes) is 1. The summed E-state index contributed by atoms with van der Waals surface area (Å²) >= 11 is 6.08. The third kappa shape index (κ3) is 8.05. The van der Waals surface area contributed by atoms with Crippen molar-refractivity contribution in [3.63, 3.8) is 0 Å². The van der Waals surface area contributed by atoms with Crippen LogP contribution >= 0.6 is 11.6 Å². The van der Waals surface area contributed by atoms with Crippen LogP contribution in [-0.2, 0) is 30.7 Å². The number of hydrogen-bond donors (Lipinski definition) is 0. The molecule has 0 N–H and O–H groups in total. The van der Waals surface area contributed by atoms with Crippen LogP contribution in [0.3, 0.4) is 0 Å². The topological polar surface area (TPSA) is 29.5 Å². The van der Waals surface area contributed by atoms with E-state index in [4.69, 9.17) is 16.3 Å². The SMILES string of the molecule is CCCCc1ccc(-c2ccc(CN(CCc3ccc(Cl)cc3)Cc3ccc(C(=O)OC)cc3)cc2)cc1. The number of aryl methyl sites for hydroxylation is 1. The Morgan fingerprint density at radius 3 is 1.68 bits per heavy atom. The number of carbonyl (C=O) groups excluding carboxylic acids is 1. The molecule has 0 bridgehead atoms. The monoisotopic (exact) mass is 525 g/mol. The highest BCUT2D eigenvalue weighted by atomic mass is 35.5. The van der Waals surface area contributed by atoms with Crippen molar-refractivity contribution < 1.29 is 9.53 Å². The fourth-order valence-corrected chi connectivity index (χ4v) is 4.71. The molecule has 0 saturated carbocycles. The van der Waals surface area contributed by atoms with Crippen LogP contribution in [0.5, 0.6) is 0 Å². The van der Waals surface area contributed by atoms with Gasteiger partial charge in [0.1, 0.15) is 0 Å². The van der Waals surface area contributed by atoms with Crippen LogP contribution in [0.2, 0.25) is 5.02 Å². The second-order valence-corrected chi connectivity index (χ2v) is 10.2. The highest BCUT2D eigenvalue weighted by molar-refractivity contribution is 6.30. The third-order valence-electron chi connectivity index (χ3n) is 6.88. The Labute approximate surface area is 232 Å². The van der Waals surface area contributed by atoms with E-state index in [0.717, 1.165) is 43.1 Å². The zero-order valence-electron chi connectivity index (χ0n) is 22.3. The molecule has 0 heterocycles. The average molecular weight is 526 g/mol. The van der Waals surface area contributed by atoms with Crippen molar-refractivity contribution in [3.8, 4) is 11.1 Å². The minimum absolute atomic E-state index is 0.313. The number of rotatable bonds is 12. The van der Waals surface area contributed by atoms with E-state index in [-0.39, 0.29) is 5.97 Å². The van der Waals surface area contributed by atoms with Gasteiger partial charge in [-0.2, -0.15) is 0 Å². The quantitative estimate of drug-likeness (QED) is 0.174.